The number of esters is 1. The Morgan fingerprint density at radius 1 is 0.939 bits per heavy atom. The van der Waals surface area contributed by atoms with Crippen molar-refractivity contribution in [2.45, 2.75) is 53.4 Å². The van der Waals surface area contributed by atoms with Gasteiger partial charge in [-0.05, 0) is 81.6 Å². The Bertz CT molecular complexity index is 1120. The highest BCUT2D eigenvalue weighted by Crippen LogP contribution is 2.34. The van der Waals surface area contributed by atoms with Gasteiger partial charge < -0.3 is 4.74 Å². The van der Waals surface area contributed by atoms with Gasteiger partial charge in [0.15, 0.2) is 20.3 Å². The Morgan fingerprint density at radius 2 is 1.48 bits per heavy atom. The molecular formula is C30H29O2S+. The summed E-state index contributed by atoms with van der Waals surface area (Å²) in [6.45, 7) is 3.96. The van der Waals surface area contributed by atoms with Gasteiger partial charge in [-0.25, -0.2) is 4.79 Å². The lowest BCUT2D eigenvalue weighted by molar-refractivity contribution is -0.00317. The van der Waals surface area contributed by atoms with Crippen LogP contribution in [-0.2, 0) is 15.6 Å². The van der Waals surface area contributed by atoms with Gasteiger partial charge in [0.05, 0.1) is 16.5 Å². The van der Waals surface area contributed by atoms with Crippen LogP contribution < -0.4 is 0 Å². The number of carbonyl (C=O) groups excluding carboxylic acids is 1. The molecular weight excluding hydrogens is 424 g/mol. The maximum Gasteiger partial charge on any atom is 0.339 e. The minimum Gasteiger partial charge on any atom is -0.442 e. The van der Waals surface area contributed by atoms with Gasteiger partial charge in [-0.1, -0.05) is 54.0 Å². The predicted molar refractivity (Wildman–Crippen MR) is 135 cm³/mol. The number of hydrogen-bond acceptors (Lipinski definition) is 2. The molecule has 0 aliphatic heterocycles. The molecule has 1 aliphatic carbocycles. The van der Waals surface area contributed by atoms with E-state index in [0.29, 0.717) is 5.56 Å². The summed E-state index contributed by atoms with van der Waals surface area (Å²) >= 11 is 0. The molecule has 0 saturated carbocycles. The molecule has 3 aromatic carbocycles. The van der Waals surface area contributed by atoms with Gasteiger partial charge in [0, 0.05) is 5.92 Å². The van der Waals surface area contributed by atoms with Crippen LogP contribution in [-0.4, -0.2) is 11.6 Å². The van der Waals surface area contributed by atoms with E-state index >= 15 is 0 Å². The van der Waals surface area contributed by atoms with E-state index in [1.54, 1.807) is 0 Å². The first-order chi connectivity index (χ1) is 16.0. The minimum absolute atomic E-state index is 0.0431. The lowest BCUT2D eigenvalue weighted by Gasteiger charge is -2.33. The van der Waals surface area contributed by atoms with Gasteiger partial charge in [-0.15, -0.1) is 6.42 Å². The van der Waals surface area contributed by atoms with Crippen LogP contribution in [0.1, 0.15) is 43.5 Å². The smallest absolute Gasteiger partial charge is 0.339 e. The summed E-state index contributed by atoms with van der Waals surface area (Å²) in [4.78, 5) is 16.6. The molecule has 0 amide bonds. The largest absolute Gasteiger partial charge is 0.442 e. The highest BCUT2D eigenvalue weighted by atomic mass is 32.2. The van der Waals surface area contributed by atoms with Crippen molar-refractivity contribution in [3.05, 3.63) is 102 Å². The van der Waals surface area contributed by atoms with E-state index in [1.165, 1.54) is 15.4 Å². The van der Waals surface area contributed by atoms with Crippen molar-refractivity contribution in [1.29, 1.82) is 0 Å². The molecule has 1 aliphatic rings. The van der Waals surface area contributed by atoms with Gasteiger partial charge in [0.25, 0.3) is 0 Å². The molecule has 0 spiro atoms. The number of carbonyl (C=O) groups is 1. The second-order valence-corrected chi connectivity index (χ2v) is 10.6. The highest BCUT2D eigenvalue weighted by Gasteiger charge is 2.36. The summed E-state index contributed by atoms with van der Waals surface area (Å²) in [7, 11) is -0.257. The molecule has 0 heterocycles. The normalized spacial score (nSPS) is 17.5. The molecule has 166 valence electrons. The standard InChI is InChI=1S/C30H29O2S/c1-4-30(3,25-13-11-12-23(2)22-25)32-29(31)24-18-20-28(21-19-24)33(26-14-7-5-8-15-26)27-16-9-6-10-17-27/h1,5-10,14-22,25H,11-13H2,2-3H3/q+1. The molecule has 2 atom stereocenters. The predicted octanol–water partition coefficient (Wildman–Crippen LogP) is 7.08. The van der Waals surface area contributed by atoms with E-state index in [-0.39, 0.29) is 22.8 Å². The zero-order chi connectivity index (χ0) is 23.3. The van der Waals surface area contributed by atoms with Crippen molar-refractivity contribution in [1.82, 2.24) is 0 Å². The molecule has 4 rings (SSSR count). The third kappa shape index (κ3) is 5.24. The van der Waals surface area contributed by atoms with E-state index in [0.717, 1.165) is 24.2 Å². The molecule has 0 fully saturated rings. The summed E-state index contributed by atoms with van der Waals surface area (Å²) in [5.41, 5.74) is 0.874. The quantitative estimate of drug-likeness (QED) is 0.173. The highest BCUT2D eigenvalue weighted by molar-refractivity contribution is 7.97. The molecule has 3 heteroatoms. The van der Waals surface area contributed by atoms with E-state index in [9.17, 15) is 4.79 Å². The number of allylic oxidation sites excluding steroid dienone is 1. The Morgan fingerprint density at radius 3 is 2.00 bits per heavy atom. The van der Waals surface area contributed by atoms with Crippen LogP contribution in [0.3, 0.4) is 0 Å². The number of ether oxygens (including phenoxy) is 1. The van der Waals surface area contributed by atoms with Gasteiger partial charge in [0.1, 0.15) is 0 Å². The fraction of sp³-hybridized carbons (Fsp3) is 0.233. The van der Waals surface area contributed by atoms with Crippen molar-refractivity contribution in [2.24, 2.45) is 5.92 Å². The number of terminal acetylenes is 1. The van der Waals surface area contributed by atoms with Crippen LogP contribution in [0, 0.1) is 18.3 Å². The first-order valence-electron chi connectivity index (χ1n) is 11.3. The second kappa shape index (κ2) is 10.1. The third-order valence-corrected chi connectivity index (χ3v) is 8.39. The first-order valence-corrected chi connectivity index (χ1v) is 12.6. The molecule has 33 heavy (non-hydrogen) atoms. The third-order valence-electron chi connectivity index (χ3n) is 6.15. The first kappa shape index (κ1) is 23.0. The molecule has 0 bridgehead atoms. The average molecular weight is 454 g/mol. The maximum absolute atomic E-state index is 13.0. The van der Waals surface area contributed by atoms with Crippen LogP contribution in [0.5, 0.6) is 0 Å². The Kier molecular flexibility index (Phi) is 7.06. The van der Waals surface area contributed by atoms with Gasteiger partial charge in [0.2, 0.25) is 0 Å². The average Bonchev–Trinajstić information content (AvgIpc) is 2.86. The SMILES string of the molecule is C#CC(C)(OC(=O)c1ccc([S+](c2ccccc2)c2ccccc2)cc1)C1C=C(C)CCC1. The van der Waals surface area contributed by atoms with Crippen molar-refractivity contribution >= 4 is 16.9 Å². The number of benzene rings is 3. The lowest BCUT2D eigenvalue weighted by atomic mass is 9.80. The zero-order valence-corrected chi connectivity index (χ0v) is 20.0. The summed E-state index contributed by atoms with van der Waals surface area (Å²) < 4.78 is 5.91. The van der Waals surface area contributed by atoms with E-state index < -0.39 is 5.60 Å². The van der Waals surface area contributed by atoms with Gasteiger partial charge >= 0.3 is 5.97 Å². The van der Waals surface area contributed by atoms with Gasteiger partial charge in [-0.3, -0.25) is 0 Å². The summed E-state index contributed by atoms with van der Waals surface area (Å²) in [6.07, 6.45) is 11.1. The number of hydrogen-bond donors (Lipinski definition) is 0. The van der Waals surface area contributed by atoms with Crippen LogP contribution >= 0.6 is 0 Å². The molecule has 0 N–H and O–H groups in total. The van der Waals surface area contributed by atoms with Gasteiger partial charge in [-0.2, -0.15) is 0 Å². The monoisotopic (exact) mass is 453 g/mol. The molecule has 2 nitrogen and oxygen atoms in total. The fourth-order valence-corrected chi connectivity index (χ4v) is 6.34. The topological polar surface area (TPSA) is 26.3 Å². The molecule has 3 aromatic rings. The Labute approximate surface area is 200 Å². The fourth-order valence-electron chi connectivity index (χ4n) is 4.26. The molecule has 0 aromatic heterocycles. The maximum atomic E-state index is 13.0. The van der Waals surface area contributed by atoms with E-state index in [4.69, 9.17) is 11.2 Å². The number of rotatable bonds is 6. The summed E-state index contributed by atoms with van der Waals surface area (Å²) in [5, 5.41) is 0. The molecule has 0 radical (unpaired) electrons. The molecule has 0 saturated heterocycles. The van der Waals surface area contributed by atoms with Crippen molar-refractivity contribution < 1.29 is 9.53 Å². The summed E-state index contributed by atoms with van der Waals surface area (Å²) in [5.74, 6) is 2.42. The van der Waals surface area contributed by atoms with Crippen molar-refractivity contribution in [3.8, 4) is 12.3 Å². The van der Waals surface area contributed by atoms with Crippen LogP contribution in [0.15, 0.2) is 111 Å². The Hall–Kier alpha value is -3.22. The van der Waals surface area contributed by atoms with E-state index in [1.807, 2.05) is 43.3 Å². The second-order valence-electron chi connectivity index (χ2n) is 8.61. The van der Waals surface area contributed by atoms with Crippen molar-refractivity contribution in [2.75, 3.05) is 0 Å². The van der Waals surface area contributed by atoms with Crippen LogP contribution in [0.25, 0.3) is 0 Å². The summed E-state index contributed by atoms with van der Waals surface area (Å²) in [6, 6.07) is 28.6. The van der Waals surface area contributed by atoms with E-state index in [2.05, 4.69) is 67.5 Å². The minimum atomic E-state index is -0.949. The lowest BCUT2D eigenvalue weighted by Crippen LogP contribution is -2.38. The van der Waals surface area contributed by atoms with Crippen molar-refractivity contribution in [3.63, 3.8) is 0 Å². The Balaban J connectivity index is 1.58. The van der Waals surface area contributed by atoms with Crippen LogP contribution in [0.4, 0.5) is 0 Å². The zero-order valence-electron chi connectivity index (χ0n) is 19.2. The van der Waals surface area contributed by atoms with Crippen LogP contribution in [0.2, 0.25) is 0 Å². The molecule has 2 unspecified atom stereocenters.